The molecule has 0 radical (unpaired) electrons. The second kappa shape index (κ2) is 28.4. The van der Waals surface area contributed by atoms with Crippen LogP contribution in [0.5, 0.6) is 0 Å². The maximum absolute atomic E-state index is 13.5. The van der Waals surface area contributed by atoms with Gasteiger partial charge in [0.25, 0.3) is 0 Å². The Kier molecular flexibility index (Phi) is 22.9. The first-order valence-electron chi connectivity index (χ1n) is 23.0. The molecule has 3 amide bonds. The van der Waals surface area contributed by atoms with Gasteiger partial charge in [-0.2, -0.15) is 0 Å². The van der Waals surface area contributed by atoms with E-state index in [1.165, 1.54) is 12.4 Å². The summed E-state index contributed by atoms with van der Waals surface area (Å²) in [5.74, 6) is -0.00783. The Morgan fingerprint density at radius 1 is 0.806 bits per heavy atom. The number of pyridine rings is 1. The van der Waals surface area contributed by atoms with E-state index in [4.69, 9.17) is 4.74 Å². The van der Waals surface area contributed by atoms with E-state index in [-0.39, 0.29) is 103 Å². The number of carbonyl (C=O) groups is 8. The van der Waals surface area contributed by atoms with Gasteiger partial charge >= 0.3 is 29.8 Å². The number of nitrogens with one attached hydrogen (secondary N) is 3. The quantitative estimate of drug-likeness (QED) is 0.0469. The summed E-state index contributed by atoms with van der Waals surface area (Å²) in [6.07, 6.45) is 7.30. The lowest BCUT2D eigenvalue weighted by Crippen LogP contribution is -2.53. The Hall–Kier alpha value is -5.73. The molecular formula is C45H67N9O13. The molecule has 22 heteroatoms. The Balaban J connectivity index is 1.26. The van der Waals surface area contributed by atoms with Crippen LogP contribution in [-0.4, -0.2) is 215 Å². The van der Waals surface area contributed by atoms with Crippen molar-refractivity contribution in [2.75, 3.05) is 111 Å². The zero-order chi connectivity index (χ0) is 48.7. The maximum Gasteiger partial charge on any atom is 0.325 e. The van der Waals surface area contributed by atoms with Gasteiger partial charge in [0.05, 0.1) is 44.1 Å². The van der Waals surface area contributed by atoms with Crippen molar-refractivity contribution in [2.45, 2.75) is 70.4 Å². The molecule has 1 aromatic heterocycles. The van der Waals surface area contributed by atoms with Crippen molar-refractivity contribution in [3.05, 3.63) is 29.6 Å². The first-order chi connectivity index (χ1) is 32.1. The fraction of sp³-hybridized carbons (Fsp3) is 0.667. The van der Waals surface area contributed by atoms with Gasteiger partial charge in [0.2, 0.25) is 17.7 Å². The molecule has 3 aliphatic heterocycles. The fourth-order valence-corrected chi connectivity index (χ4v) is 8.40. The number of carbonyl (C=O) groups excluding carboxylic acids is 4. The number of carboxylic acid groups (broad SMARTS) is 4. The van der Waals surface area contributed by atoms with Gasteiger partial charge in [0, 0.05) is 96.2 Å². The number of likely N-dealkylation sites (tertiary alicyclic amines) is 1. The van der Waals surface area contributed by atoms with Crippen LogP contribution in [0, 0.1) is 23.7 Å². The number of esters is 1. The van der Waals surface area contributed by atoms with E-state index < -0.39 is 66.7 Å². The molecule has 0 aliphatic carbocycles. The number of aromatic nitrogens is 1. The van der Waals surface area contributed by atoms with E-state index in [1.54, 1.807) is 37.5 Å². The monoisotopic (exact) mass is 941 g/mol. The van der Waals surface area contributed by atoms with Crippen LogP contribution in [-0.2, 0) is 43.1 Å². The molecule has 3 aliphatic rings. The van der Waals surface area contributed by atoms with Gasteiger partial charge in [-0.1, -0.05) is 11.8 Å². The maximum atomic E-state index is 13.5. The van der Waals surface area contributed by atoms with E-state index in [9.17, 15) is 58.8 Å². The minimum absolute atomic E-state index is 0.0395. The van der Waals surface area contributed by atoms with Gasteiger partial charge in [0.1, 0.15) is 13.2 Å². The number of hydrogen-bond donors (Lipinski definition) is 7. The molecule has 3 saturated heterocycles. The summed E-state index contributed by atoms with van der Waals surface area (Å²) in [5.41, 5.74) is 0.883. The molecule has 4 rings (SSSR count). The van der Waals surface area contributed by atoms with E-state index >= 15 is 0 Å². The topological polar surface area (TPSA) is 292 Å². The largest absolute Gasteiger partial charge is 0.481 e. The van der Waals surface area contributed by atoms with Crippen LogP contribution in [0.4, 0.5) is 0 Å². The van der Waals surface area contributed by atoms with Crippen LogP contribution in [0.3, 0.4) is 0 Å². The van der Waals surface area contributed by atoms with Crippen molar-refractivity contribution >= 4 is 47.6 Å². The summed E-state index contributed by atoms with van der Waals surface area (Å²) >= 11 is 0. The molecule has 22 nitrogen and oxygen atoms in total. The Morgan fingerprint density at radius 3 is 1.99 bits per heavy atom. The number of rotatable bonds is 20. The highest BCUT2D eigenvalue weighted by Gasteiger charge is 2.31. The predicted molar refractivity (Wildman–Crippen MR) is 240 cm³/mol. The van der Waals surface area contributed by atoms with Gasteiger partial charge in [0.15, 0.2) is 0 Å². The molecule has 1 aromatic rings. The molecule has 0 aromatic carbocycles. The Morgan fingerprint density at radius 2 is 1.40 bits per heavy atom. The molecule has 3 atom stereocenters. The summed E-state index contributed by atoms with van der Waals surface area (Å²) in [7, 11) is 0. The smallest absolute Gasteiger partial charge is 0.325 e. The van der Waals surface area contributed by atoms with Gasteiger partial charge in [-0.15, -0.1) is 0 Å². The summed E-state index contributed by atoms with van der Waals surface area (Å²) < 4.78 is 5.26. The average Bonchev–Trinajstić information content (AvgIpc) is 3.29. The first-order valence-corrected chi connectivity index (χ1v) is 23.0. The third kappa shape index (κ3) is 20.4. The van der Waals surface area contributed by atoms with E-state index in [0.717, 1.165) is 32.4 Å². The lowest BCUT2D eigenvalue weighted by Gasteiger charge is -2.35. The van der Waals surface area contributed by atoms with Gasteiger partial charge in [-0.3, -0.25) is 62.9 Å². The van der Waals surface area contributed by atoms with Gasteiger partial charge in [-0.25, -0.2) is 0 Å². The van der Waals surface area contributed by atoms with E-state index in [1.807, 2.05) is 0 Å². The van der Waals surface area contributed by atoms with Gasteiger partial charge < -0.3 is 46.0 Å². The minimum Gasteiger partial charge on any atom is -0.481 e. The van der Waals surface area contributed by atoms with Crippen molar-refractivity contribution < 1.29 is 63.5 Å². The number of amides is 3. The van der Waals surface area contributed by atoms with Crippen molar-refractivity contribution in [1.29, 1.82) is 0 Å². The number of aliphatic carboxylic acids is 4. The van der Waals surface area contributed by atoms with Crippen LogP contribution in [0.2, 0.25) is 0 Å². The molecule has 0 bridgehead atoms. The number of piperidine rings is 2. The highest BCUT2D eigenvalue weighted by Crippen LogP contribution is 2.24. The second-order valence-electron chi connectivity index (χ2n) is 17.3. The number of ether oxygens (including phenoxy) is 1. The Bertz CT molecular complexity index is 1890. The highest BCUT2D eigenvalue weighted by atomic mass is 16.5. The van der Waals surface area contributed by atoms with Gasteiger partial charge in [-0.05, 0) is 69.7 Å². The number of hydrogen-bond acceptors (Lipinski definition) is 15. The zero-order valence-electron chi connectivity index (χ0n) is 38.4. The molecule has 3 fully saturated rings. The average molecular weight is 942 g/mol. The van der Waals surface area contributed by atoms with Crippen LogP contribution in [0.25, 0.3) is 0 Å². The molecule has 7 N–H and O–H groups in total. The van der Waals surface area contributed by atoms with Crippen molar-refractivity contribution in [3.63, 3.8) is 0 Å². The normalized spacial score (nSPS) is 19.5. The first kappa shape index (κ1) is 53.9. The number of nitrogens with zero attached hydrogens (tertiary/aromatic N) is 6. The lowest BCUT2D eigenvalue weighted by molar-refractivity contribution is -0.144. The molecule has 0 spiro atoms. The molecule has 4 heterocycles. The zero-order valence-corrected chi connectivity index (χ0v) is 38.4. The van der Waals surface area contributed by atoms with Crippen LogP contribution < -0.4 is 16.0 Å². The lowest BCUT2D eigenvalue weighted by atomic mass is 9.92. The van der Waals surface area contributed by atoms with Crippen LogP contribution in [0.15, 0.2) is 18.5 Å². The summed E-state index contributed by atoms with van der Waals surface area (Å²) in [4.78, 5) is 112. The van der Waals surface area contributed by atoms with E-state index in [0.29, 0.717) is 42.9 Å². The van der Waals surface area contributed by atoms with E-state index in [2.05, 4.69) is 32.8 Å². The molecule has 0 unspecified atom stereocenters. The third-order valence-corrected chi connectivity index (χ3v) is 12.2. The standard InChI is InChI=1S/C45H67N9O13/c1-32(53-20-18-51(30-41(60)61)16-14-50(29-40(58)59)15-17-52(19-21-53)31-42(62)63)44(65)48-27-43(64)67-22-3-2-5-34-23-36(26-47-25-34)37(24-39(56)57)49-45(66)35-6-4-13-54(28-35)38(55)8-7-33-9-11-46-12-10-33/h23,25-26,32-33,35,37,46H,3-4,6-22,24,27-31H2,1H3,(H,48,65)(H,49,66)(H,56,57)(H,58,59)(H,60,61)(H,62,63)/t32-,35+,37-/m0/s1. The number of carboxylic acids is 4. The molecular weight excluding hydrogens is 875 g/mol. The second-order valence-corrected chi connectivity index (χ2v) is 17.3. The van der Waals surface area contributed by atoms with Crippen molar-refractivity contribution in [1.82, 2.24) is 45.4 Å². The SMILES string of the molecule is C[C@@H](C(=O)NCC(=O)OCCC#Cc1cncc([C@H](CC(=O)O)NC(=O)[C@@H]2CCCN(C(=O)CCC3CCNCC3)C2)c1)N1CCN(CC(=O)O)CCN(CC(=O)O)CCN(CC(=O)O)CC1. The molecule has 370 valence electrons. The highest BCUT2D eigenvalue weighted by molar-refractivity contribution is 5.85. The van der Waals surface area contributed by atoms with Crippen molar-refractivity contribution in [2.24, 2.45) is 11.8 Å². The third-order valence-electron chi connectivity index (χ3n) is 12.2. The van der Waals surface area contributed by atoms with Crippen LogP contribution >= 0.6 is 0 Å². The minimum atomic E-state index is -1.12. The molecule has 0 saturated carbocycles. The van der Waals surface area contributed by atoms with Crippen LogP contribution in [0.1, 0.15) is 75.5 Å². The summed E-state index contributed by atoms with van der Waals surface area (Å²) in [6.45, 7) is 4.75. The summed E-state index contributed by atoms with van der Waals surface area (Å²) in [5, 5.41) is 46.8. The molecule has 67 heavy (non-hydrogen) atoms. The summed E-state index contributed by atoms with van der Waals surface area (Å²) in [6, 6.07) is -0.0634. The predicted octanol–water partition coefficient (Wildman–Crippen LogP) is -1.00. The fourth-order valence-electron chi connectivity index (χ4n) is 8.40. The van der Waals surface area contributed by atoms with Crippen molar-refractivity contribution in [3.8, 4) is 11.8 Å². The Labute approximate surface area is 390 Å².